The van der Waals surface area contributed by atoms with Crippen LogP contribution in [0.3, 0.4) is 0 Å². The SMILES string of the molecule is Cl.NC1CCC2CN(S(=O)(=O)c3cccc(S(=O)(=O)NC4CC4)c3)CC12. The molecule has 1 aliphatic heterocycles. The number of benzene rings is 1. The smallest absolute Gasteiger partial charge is 0.243 e. The van der Waals surface area contributed by atoms with Gasteiger partial charge in [0.05, 0.1) is 9.79 Å². The van der Waals surface area contributed by atoms with Crippen molar-refractivity contribution in [3.8, 4) is 0 Å². The Bertz CT molecular complexity index is 887. The third kappa shape index (κ3) is 3.65. The number of hydrogen-bond acceptors (Lipinski definition) is 5. The van der Waals surface area contributed by atoms with Crippen molar-refractivity contribution >= 4 is 32.5 Å². The summed E-state index contributed by atoms with van der Waals surface area (Å²) in [4.78, 5) is 0.0243. The molecule has 3 atom stereocenters. The van der Waals surface area contributed by atoms with Gasteiger partial charge in [-0.15, -0.1) is 12.4 Å². The van der Waals surface area contributed by atoms with Crippen molar-refractivity contribution in [2.45, 2.75) is 47.6 Å². The summed E-state index contributed by atoms with van der Waals surface area (Å²) in [6.45, 7) is 0.892. The highest BCUT2D eigenvalue weighted by atomic mass is 35.5. The lowest BCUT2D eigenvalue weighted by atomic mass is 9.98. The number of sulfonamides is 2. The van der Waals surface area contributed by atoms with E-state index in [0.29, 0.717) is 19.0 Å². The summed E-state index contributed by atoms with van der Waals surface area (Å²) in [6, 6.07) is 5.66. The zero-order valence-electron chi connectivity index (χ0n) is 14.2. The molecule has 2 saturated carbocycles. The van der Waals surface area contributed by atoms with E-state index in [0.717, 1.165) is 25.7 Å². The van der Waals surface area contributed by atoms with Gasteiger partial charge in [0.1, 0.15) is 0 Å². The lowest BCUT2D eigenvalue weighted by Gasteiger charge is -2.19. The van der Waals surface area contributed by atoms with Gasteiger partial charge in [0.25, 0.3) is 0 Å². The molecule has 0 aromatic heterocycles. The number of fused-ring (bicyclic) bond motifs is 1. The molecule has 4 rings (SSSR count). The second-order valence-electron chi connectivity index (χ2n) is 7.36. The van der Waals surface area contributed by atoms with Crippen LogP contribution in [0.4, 0.5) is 0 Å². The fourth-order valence-corrected chi connectivity index (χ4v) is 6.91. The molecule has 1 aromatic rings. The van der Waals surface area contributed by atoms with Crippen molar-refractivity contribution < 1.29 is 16.8 Å². The standard InChI is InChI=1S/C16H23N3O4S2.ClH/c17-16-7-4-11-9-19(10-15(11)16)25(22,23)14-3-1-2-13(8-14)24(20,21)18-12-5-6-12;/h1-3,8,11-12,15-16,18H,4-7,9-10,17H2;1H. The maximum absolute atomic E-state index is 13.0. The van der Waals surface area contributed by atoms with Gasteiger partial charge < -0.3 is 5.73 Å². The monoisotopic (exact) mass is 421 g/mol. The summed E-state index contributed by atoms with van der Waals surface area (Å²) in [5.41, 5.74) is 6.09. The number of nitrogens with zero attached hydrogens (tertiary/aromatic N) is 1. The van der Waals surface area contributed by atoms with Crippen LogP contribution in [0.1, 0.15) is 25.7 Å². The van der Waals surface area contributed by atoms with Crippen LogP contribution < -0.4 is 10.5 Å². The summed E-state index contributed by atoms with van der Waals surface area (Å²) in [7, 11) is -7.39. The third-order valence-corrected chi connectivity index (χ3v) is 8.88. The van der Waals surface area contributed by atoms with Crippen LogP contribution in [-0.4, -0.2) is 46.3 Å². The van der Waals surface area contributed by atoms with E-state index >= 15 is 0 Å². The van der Waals surface area contributed by atoms with Crippen molar-refractivity contribution in [1.82, 2.24) is 9.03 Å². The Morgan fingerprint density at radius 3 is 2.35 bits per heavy atom. The Labute approximate surface area is 160 Å². The minimum Gasteiger partial charge on any atom is -0.327 e. The minimum atomic E-state index is -3.71. The molecule has 0 amide bonds. The Hall–Kier alpha value is -0.710. The Morgan fingerprint density at radius 1 is 1.00 bits per heavy atom. The molecule has 3 unspecified atom stereocenters. The van der Waals surface area contributed by atoms with Gasteiger partial charge in [0.15, 0.2) is 0 Å². The van der Waals surface area contributed by atoms with Gasteiger partial charge in [-0.05, 0) is 55.7 Å². The summed E-state index contributed by atoms with van der Waals surface area (Å²) in [5.74, 6) is 0.520. The Kier molecular flexibility index (Phi) is 5.42. The molecule has 1 aromatic carbocycles. The lowest BCUT2D eigenvalue weighted by molar-refractivity contribution is 0.427. The minimum absolute atomic E-state index is 0. The second-order valence-corrected chi connectivity index (χ2v) is 11.0. The van der Waals surface area contributed by atoms with Crippen LogP contribution in [-0.2, 0) is 20.0 Å². The van der Waals surface area contributed by atoms with Crippen LogP contribution in [0.5, 0.6) is 0 Å². The quantitative estimate of drug-likeness (QED) is 0.734. The molecule has 10 heteroatoms. The van der Waals surface area contributed by atoms with Gasteiger partial charge in [-0.25, -0.2) is 21.6 Å². The first-order valence-corrected chi connectivity index (χ1v) is 11.6. The van der Waals surface area contributed by atoms with E-state index < -0.39 is 20.0 Å². The molecule has 0 bridgehead atoms. The first-order chi connectivity index (χ1) is 11.8. The molecule has 3 aliphatic rings. The van der Waals surface area contributed by atoms with Gasteiger partial charge in [0.2, 0.25) is 20.0 Å². The number of rotatable bonds is 5. The predicted molar refractivity (Wildman–Crippen MR) is 100.0 cm³/mol. The van der Waals surface area contributed by atoms with Crippen LogP contribution >= 0.6 is 12.4 Å². The highest BCUT2D eigenvalue weighted by Gasteiger charge is 2.45. The molecule has 1 heterocycles. The molecule has 0 radical (unpaired) electrons. The first kappa shape index (κ1) is 20.0. The van der Waals surface area contributed by atoms with Crippen LogP contribution in [0.25, 0.3) is 0 Å². The molecule has 2 aliphatic carbocycles. The van der Waals surface area contributed by atoms with E-state index in [9.17, 15) is 16.8 Å². The normalized spacial score (nSPS) is 29.3. The molecule has 3 N–H and O–H groups in total. The molecule has 1 saturated heterocycles. The van der Waals surface area contributed by atoms with Crippen LogP contribution in [0, 0.1) is 11.8 Å². The molecule has 7 nitrogen and oxygen atoms in total. The maximum atomic E-state index is 13.0. The molecule has 3 fully saturated rings. The highest BCUT2D eigenvalue weighted by Crippen LogP contribution is 2.39. The molecule has 146 valence electrons. The molecular formula is C16H24ClN3O4S2. The first-order valence-electron chi connectivity index (χ1n) is 8.65. The number of nitrogens with one attached hydrogen (secondary N) is 1. The van der Waals surface area contributed by atoms with Gasteiger partial charge in [-0.3, -0.25) is 0 Å². The van der Waals surface area contributed by atoms with Crippen LogP contribution in [0.2, 0.25) is 0 Å². The maximum Gasteiger partial charge on any atom is 0.243 e. The fraction of sp³-hybridized carbons (Fsp3) is 0.625. The summed E-state index contributed by atoms with van der Waals surface area (Å²) in [5, 5.41) is 0. The largest absolute Gasteiger partial charge is 0.327 e. The summed E-state index contributed by atoms with van der Waals surface area (Å²) in [6.07, 6.45) is 3.56. The van der Waals surface area contributed by atoms with Crippen molar-refractivity contribution in [3.05, 3.63) is 24.3 Å². The Balaban J connectivity index is 0.00000196. The second kappa shape index (κ2) is 7.03. The van der Waals surface area contributed by atoms with E-state index in [1.807, 2.05) is 0 Å². The Morgan fingerprint density at radius 2 is 1.69 bits per heavy atom. The van der Waals surface area contributed by atoms with Gasteiger partial charge in [-0.2, -0.15) is 4.31 Å². The summed E-state index contributed by atoms with van der Waals surface area (Å²) >= 11 is 0. The average Bonchev–Trinajstić information content (AvgIpc) is 3.14. The van der Waals surface area contributed by atoms with Gasteiger partial charge in [-0.1, -0.05) is 6.07 Å². The average molecular weight is 422 g/mol. The summed E-state index contributed by atoms with van der Waals surface area (Å²) < 4.78 is 54.7. The predicted octanol–water partition coefficient (Wildman–Crippen LogP) is 0.907. The molecule has 0 spiro atoms. The number of halogens is 1. The zero-order valence-corrected chi connectivity index (χ0v) is 16.7. The molecular weight excluding hydrogens is 398 g/mol. The number of nitrogens with two attached hydrogens (primary N) is 1. The topological polar surface area (TPSA) is 110 Å². The fourth-order valence-electron chi connectivity index (χ4n) is 3.90. The third-order valence-electron chi connectivity index (χ3n) is 5.53. The van der Waals surface area contributed by atoms with Crippen molar-refractivity contribution in [3.63, 3.8) is 0 Å². The van der Waals surface area contributed by atoms with E-state index in [4.69, 9.17) is 5.73 Å². The van der Waals surface area contributed by atoms with Crippen molar-refractivity contribution in [1.29, 1.82) is 0 Å². The van der Waals surface area contributed by atoms with Gasteiger partial charge >= 0.3 is 0 Å². The lowest BCUT2D eigenvalue weighted by Crippen LogP contribution is -2.33. The van der Waals surface area contributed by atoms with Crippen molar-refractivity contribution in [2.24, 2.45) is 17.6 Å². The highest BCUT2D eigenvalue weighted by molar-refractivity contribution is 7.90. The van der Waals surface area contributed by atoms with E-state index in [2.05, 4.69) is 4.72 Å². The zero-order chi connectivity index (χ0) is 17.8. The van der Waals surface area contributed by atoms with Gasteiger partial charge in [0, 0.05) is 25.2 Å². The molecule has 26 heavy (non-hydrogen) atoms. The van der Waals surface area contributed by atoms with Crippen LogP contribution in [0.15, 0.2) is 34.1 Å². The van der Waals surface area contributed by atoms with E-state index in [1.165, 1.54) is 28.6 Å². The van der Waals surface area contributed by atoms with E-state index in [1.54, 1.807) is 0 Å². The van der Waals surface area contributed by atoms with E-state index in [-0.39, 0.29) is 40.2 Å². The number of hydrogen-bond donors (Lipinski definition) is 2. The van der Waals surface area contributed by atoms with Crippen molar-refractivity contribution in [2.75, 3.05) is 13.1 Å².